The van der Waals surface area contributed by atoms with Crippen molar-refractivity contribution in [2.24, 2.45) is 0 Å². The minimum absolute atomic E-state index is 0. The molecule has 0 aliphatic carbocycles. The highest BCUT2D eigenvalue weighted by atomic mass is 35.5. The molecule has 1 aromatic heterocycles. The fourth-order valence-corrected chi connectivity index (χ4v) is 5.29. The van der Waals surface area contributed by atoms with Gasteiger partial charge in [-0.15, -0.1) is 12.4 Å². The highest BCUT2D eigenvalue weighted by Crippen LogP contribution is 2.36. The first-order valence-corrected chi connectivity index (χ1v) is 10.5. The van der Waals surface area contributed by atoms with Crippen LogP contribution in [0.3, 0.4) is 0 Å². The third-order valence-corrected chi connectivity index (χ3v) is 6.66. The van der Waals surface area contributed by atoms with Gasteiger partial charge in [0.15, 0.2) is 0 Å². The van der Waals surface area contributed by atoms with Crippen LogP contribution in [0.1, 0.15) is 43.2 Å². The maximum absolute atomic E-state index is 3.46. The third-order valence-electron chi connectivity index (χ3n) is 6.66. The van der Waals surface area contributed by atoms with Crippen molar-refractivity contribution in [2.45, 2.75) is 44.7 Å². The van der Waals surface area contributed by atoms with Crippen LogP contribution in [-0.2, 0) is 6.42 Å². The van der Waals surface area contributed by atoms with Gasteiger partial charge in [-0.05, 0) is 54.9 Å². The molecule has 5 rings (SSSR count). The molecule has 3 heterocycles. The van der Waals surface area contributed by atoms with Crippen LogP contribution in [0.5, 0.6) is 0 Å². The first kappa shape index (κ1) is 19.4. The van der Waals surface area contributed by atoms with E-state index in [1.165, 1.54) is 73.0 Å². The van der Waals surface area contributed by atoms with Crippen LogP contribution in [0.15, 0.2) is 54.7 Å². The van der Waals surface area contributed by atoms with E-state index in [1.54, 1.807) is 0 Å². The summed E-state index contributed by atoms with van der Waals surface area (Å²) in [7, 11) is 0. The van der Waals surface area contributed by atoms with Crippen molar-refractivity contribution in [3.63, 3.8) is 0 Å². The van der Waals surface area contributed by atoms with E-state index in [0.717, 1.165) is 0 Å². The lowest BCUT2D eigenvalue weighted by Gasteiger charge is -2.42. The van der Waals surface area contributed by atoms with Crippen LogP contribution in [0.25, 0.3) is 10.9 Å². The molecule has 4 heteroatoms. The number of hydrogen-bond acceptors (Lipinski definition) is 2. The van der Waals surface area contributed by atoms with Gasteiger partial charge < -0.3 is 9.88 Å². The van der Waals surface area contributed by atoms with Crippen molar-refractivity contribution in [3.05, 3.63) is 65.9 Å². The number of hydrogen-bond donors (Lipinski definition) is 1. The van der Waals surface area contributed by atoms with Crippen LogP contribution < -0.4 is 4.90 Å². The van der Waals surface area contributed by atoms with Gasteiger partial charge in [0.25, 0.3) is 0 Å². The van der Waals surface area contributed by atoms with Crippen molar-refractivity contribution in [3.8, 4) is 0 Å². The van der Waals surface area contributed by atoms with E-state index >= 15 is 0 Å². The molecular weight excluding hydrogens is 366 g/mol. The summed E-state index contributed by atoms with van der Waals surface area (Å²) in [5.41, 5.74) is 5.77. The van der Waals surface area contributed by atoms with Crippen LogP contribution >= 0.6 is 12.4 Å². The Kier molecular flexibility index (Phi) is 5.65. The number of aromatic amines is 1. The highest BCUT2D eigenvalue weighted by Gasteiger charge is 2.32. The number of fused-ring (bicyclic) bond motifs is 2. The van der Waals surface area contributed by atoms with Gasteiger partial charge in [-0.2, -0.15) is 0 Å². The topological polar surface area (TPSA) is 22.3 Å². The number of halogens is 1. The Morgan fingerprint density at radius 3 is 2.57 bits per heavy atom. The van der Waals surface area contributed by atoms with Gasteiger partial charge in [-0.3, -0.25) is 4.90 Å². The Labute approximate surface area is 174 Å². The standard InChI is InChI=1S/C24H29N3.ClH/c1-2-24(27-16-13-19-7-3-6-10-23(19)27)26-14-11-18(12-15-26)21-17-25-22-9-5-4-8-20(21)22;/h3-10,17-18,24-25H,2,11-16H2,1H3;1H. The van der Waals surface area contributed by atoms with Gasteiger partial charge in [-0.25, -0.2) is 0 Å². The molecule has 148 valence electrons. The van der Waals surface area contributed by atoms with Crippen molar-refractivity contribution in [1.29, 1.82) is 0 Å². The van der Waals surface area contributed by atoms with Crippen LogP contribution in [0.4, 0.5) is 5.69 Å². The Bertz CT molecular complexity index is 926. The molecule has 1 saturated heterocycles. The summed E-state index contributed by atoms with van der Waals surface area (Å²) in [6.45, 7) is 5.90. The quantitative estimate of drug-likeness (QED) is 0.624. The fourth-order valence-electron chi connectivity index (χ4n) is 5.29. The molecule has 1 fully saturated rings. The Balaban J connectivity index is 0.00000192. The minimum Gasteiger partial charge on any atom is -0.361 e. The molecule has 0 bridgehead atoms. The van der Waals surface area contributed by atoms with E-state index in [0.29, 0.717) is 12.1 Å². The van der Waals surface area contributed by atoms with Gasteiger partial charge >= 0.3 is 0 Å². The van der Waals surface area contributed by atoms with Crippen molar-refractivity contribution < 1.29 is 0 Å². The van der Waals surface area contributed by atoms with Crippen molar-refractivity contribution in [2.75, 3.05) is 24.5 Å². The van der Waals surface area contributed by atoms with Crippen molar-refractivity contribution in [1.82, 2.24) is 9.88 Å². The first-order valence-electron chi connectivity index (χ1n) is 10.5. The number of nitrogens with zero attached hydrogens (tertiary/aromatic N) is 2. The zero-order valence-electron chi connectivity index (χ0n) is 16.6. The number of H-pyrrole nitrogens is 1. The van der Waals surface area contributed by atoms with E-state index in [4.69, 9.17) is 0 Å². The zero-order chi connectivity index (χ0) is 18.2. The third kappa shape index (κ3) is 3.31. The molecule has 1 unspecified atom stereocenters. The Morgan fingerprint density at radius 2 is 1.75 bits per heavy atom. The Hall–Kier alpha value is -1.97. The number of piperidine rings is 1. The highest BCUT2D eigenvalue weighted by molar-refractivity contribution is 5.85. The summed E-state index contributed by atoms with van der Waals surface area (Å²) >= 11 is 0. The summed E-state index contributed by atoms with van der Waals surface area (Å²) in [6, 6.07) is 17.7. The summed E-state index contributed by atoms with van der Waals surface area (Å²) in [5.74, 6) is 0.681. The maximum atomic E-state index is 3.46. The molecule has 1 atom stereocenters. The SMILES string of the molecule is CCC(N1CCC(c2c[nH]c3ccccc23)CC1)N1CCc2ccccc21.Cl. The second-order valence-electron chi connectivity index (χ2n) is 8.06. The van der Waals surface area contributed by atoms with E-state index in [1.807, 2.05) is 0 Å². The summed E-state index contributed by atoms with van der Waals surface area (Å²) in [6.07, 6.45) is 7.68. The predicted octanol–water partition coefficient (Wildman–Crippen LogP) is 5.57. The van der Waals surface area contributed by atoms with Crippen LogP contribution in [0.2, 0.25) is 0 Å². The lowest BCUT2D eigenvalue weighted by Crippen LogP contribution is -2.50. The number of aromatic nitrogens is 1. The number of likely N-dealkylation sites (tertiary alicyclic amines) is 1. The summed E-state index contributed by atoms with van der Waals surface area (Å²) in [4.78, 5) is 8.85. The number of para-hydroxylation sites is 2. The van der Waals surface area contributed by atoms with E-state index < -0.39 is 0 Å². The average Bonchev–Trinajstić information content (AvgIpc) is 3.34. The molecule has 0 radical (unpaired) electrons. The van der Waals surface area contributed by atoms with Gasteiger partial charge in [-0.1, -0.05) is 43.3 Å². The first-order chi connectivity index (χ1) is 13.3. The lowest BCUT2D eigenvalue weighted by molar-refractivity contribution is 0.145. The summed E-state index contributed by atoms with van der Waals surface area (Å²) < 4.78 is 0. The molecule has 2 aliphatic rings. The lowest BCUT2D eigenvalue weighted by atomic mass is 9.89. The van der Waals surface area contributed by atoms with E-state index in [9.17, 15) is 0 Å². The smallest absolute Gasteiger partial charge is 0.0818 e. The fraction of sp³-hybridized carbons (Fsp3) is 0.417. The second kappa shape index (κ2) is 8.18. The molecule has 28 heavy (non-hydrogen) atoms. The molecule has 2 aromatic carbocycles. The molecular formula is C24H30ClN3. The number of rotatable bonds is 4. The molecule has 0 spiro atoms. The minimum atomic E-state index is 0. The number of benzene rings is 2. The molecule has 0 saturated carbocycles. The molecule has 2 aliphatic heterocycles. The predicted molar refractivity (Wildman–Crippen MR) is 121 cm³/mol. The zero-order valence-corrected chi connectivity index (χ0v) is 17.4. The molecule has 1 N–H and O–H groups in total. The maximum Gasteiger partial charge on any atom is 0.0818 e. The average molecular weight is 396 g/mol. The molecule has 0 amide bonds. The van der Waals surface area contributed by atoms with Gasteiger partial charge in [0.05, 0.1) is 6.17 Å². The monoisotopic (exact) mass is 395 g/mol. The second-order valence-corrected chi connectivity index (χ2v) is 8.06. The van der Waals surface area contributed by atoms with Gasteiger partial charge in [0.2, 0.25) is 0 Å². The van der Waals surface area contributed by atoms with Crippen LogP contribution in [0, 0.1) is 0 Å². The largest absolute Gasteiger partial charge is 0.361 e. The van der Waals surface area contributed by atoms with Gasteiger partial charge in [0.1, 0.15) is 0 Å². The number of anilines is 1. The van der Waals surface area contributed by atoms with Crippen molar-refractivity contribution >= 4 is 29.0 Å². The Morgan fingerprint density at radius 1 is 1.00 bits per heavy atom. The van der Waals surface area contributed by atoms with E-state index in [-0.39, 0.29) is 12.4 Å². The van der Waals surface area contributed by atoms with E-state index in [2.05, 4.69) is 76.4 Å². The molecule has 3 aromatic rings. The normalized spacial score (nSPS) is 18.8. The summed E-state index contributed by atoms with van der Waals surface area (Å²) in [5, 5.41) is 1.41. The molecule has 3 nitrogen and oxygen atoms in total. The van der Waals surface area contributed by atoms with Gasteiger partial charge in [0, 0.05) is 42.4 Å². The number of nitrogens with one attached hydrogen (secondary N) is 1. The van der Waals surface area contributed by atoms with Crippen LogP contribution in [-0.4, -0.2) is 35.7 Å².